The van der Waals surface area contributed by atoms with Gasteiger partial charge in [-0.15, -0.1) is 0 Å². The van der Waals surface area contributed by atoms with E-state index in [1.165, 1.54) is 10.9 Å². The molecule has 1 aromatic heterocycles. The third-order valence-corrected chi connectivity index (χ3v) is 2.95. The summed E-state index contributed by atoms with van der Waals surface area (Å²) in [7, 11) is 1.54. The van der Waals surface area contributed by atoms with Crippen LogP contribution in [0.2, 0.25) is 0 Å². The first-order valence-electron chi connectivity index (χ1n) is 6.44. The monoisotopic (exact) mass is 278 g/mol. The normalized spacial score (nSPS) is 12.6. The Balaban J connectivity index is 2.31. The molecule has 1 aromatic carbocycles. The molecule has 0 saturated heterocycles. The molecule has 6 nitrogen and oxygen atoms in total. The predicted molar refractivity (Wildman–Crippen MR) is 75.1 cm³/mol. The Bertz CT molecular complexity index is 639. The minimum Gasteiger partial charge on any atom is -0.497 e. The van der Waals surface area contributed by atoms with Gasteiger partial charge in [0, 0.05) is 6.61 Å². The molecule has 0 bridgehead atoms. The Morgan fingerprint density at radius 3 is 2.95 bits per heavy atom. The number of aromatic nitrogens is 2. The smallest absolute Gasteiger partial charge is 0.261 e. The predicted octanol–water partition coefficient (Wildman–Crippen LogP) is 0.802. The summed E-state index contributed by atoms with van der Waals surface area (Å²) in [6.45, 7) is 2.72. The summed E-state index contributed by atoms with van der Waals surface area (Å²) in [5.41, 5.74) is 0.399. The molecule has 0 aliphatic carbocycles. The van der Waals surface area contributed by atoms with Gasteiger partial charge in [0.1, 0.15) is 5.75 Å². The van der Waals surface area contributed by atoms with Crippen LogP contribution in [-0.2, 0) is 11.3 Å². The summed E-state index contributed by atoms with van der Waals surface area (Å²) >= 11 is 0. The van der Waals surface area contributed by atoms with Gasteiger partial charge in [0.25, 0.3) is 5.56 Å². The van der Waals surface area contributed by atoms with E-state index >= 15 is 0 Å². The van der Waals surface area contributed by atoms with E-state index in [1.807, 2.05) is 6.92 Å². The molecule has 0 spiro atoms. The molecule has 1 N–H and O–H groups in total. The second kappa shape index (κ2) is 6.49. The molecule has 20 heavy (non-hydrogen) atoms. The van der Waals surface area contributed by atoms with Crippen LogP contribution in [0.25, 0.3) is 10.9 Å². The van der Waals surface area contributed by atoms with Crippen molar-refractivity contribution in [2.45, 2.75) is 19.6 Å². The number of ether oxygens (including phenoxy) is 2. The highest BCUT2D eigenvalue weighted by molar-refractivity contribution is 5.78. The molecule has 108 valence electrons. The molecular weight excluding hydrogens is 260 g/mol. The van der Waals surface area contributed by atoms with Gasteiger partial charge < -0.3 is 14.6 Å². The molecule has 0 aliphatic heterocycles. The minimum atomic E-state index is -0.738. The Kier molecular flexibility index (Phi) is 4.70. The Hall–Kier alpha value is -1.92. The fourth-order valence-corrected chi connectivity index (χ4v) is 1.93. The van der Waals surface area contributed by atoms with Crippen molar-refractivity contribution >= 4 is 10.9 Å². The van der Waals surface area contributed by atoms with E-state index < -0.39 is 6.10 Å². The highest BCUT2D eigenvalue weighted by Gasteiger charge is 2.10. The first-order valence-corrected chi connectivity index (χ1v) is 6.44. The summed E-state index contributed by atoms with van der Waals surface area (Å²) in [5.74, 6) is 0.601. The van der Waals surface area contributed by atoms with Crippen LogP contribution in [-0.4, -0.2) is 41.1 Å². The lowest BCUT2D eigenvalue weighted by molar-refractivity contribution is 0.0329. The van der Waals surface area contributed by atoms with Crippen LogP contribution in [0.3, 0.4) is 0 Å². The maximum atomic E-state index is 12.3. The Labute approximate surface area is 116 Å². The lowest BCUT2D eigenvalue weighted by Gasteiger charge is -2.12. The summed E-state index contributed by atoms with van der Waals surface area (Å²) in [5, 5.41) is 10.3. The lowest BCUT2D eigenvalue weighted by Crippen LogP contribution is -2.29. The Morgan fingerprint density at radius 1 is 1.45 bits per heavy atom. The number of fused-ring (bicyclic) bond motifs is 1. The highest BCUT2D eigenvalue weighted by Crippen LogP contribution is 2.15. The van der Waals surface area contributed by atoms with E-state index in [9.17, 15) is 9.90 Å². The zero-order valence-corrected chi connectivity index (χ0v) is 11.6. The molecular formula is C14H18N2O4. The van der Waals surface area contributed by atoms with Gasteiger partial charge in [-0.1, -0.05) is 0 Å². The summed E-state index contributed by atoms with van der Waals surface area (Å²) in [6, 6.07) is 5.13. The van der Waals surface area contributed by atoms with Crippen molar-refractivity contribution in [1.82, 2.24) is 9.55 Å². The zero-order chi connectivity index (χ0) is 14.5. The topological polar surface area (TPSA) is 73.6 Å². The maximum Gasteiger partial charge on any atom is 0.261 e. The van der Waals surface area contributed by atoms with E-state index in [-0.39, 0.29) is 18.7 Å². The number of aliphatic hydroxyl groups is 1. The van der Waals surface area contributed by atoms with Crippen molar-refractivity contribution in [2.75, 3.05) is 20.3 Å². The fourth-order valence-electron chi connectivity index (χ4n) is 1.93. The van der Waals surface area contributed by atoms with Gasteiger partial charge >= 0.3 is 0 Å². The molecule has 1 heterocycles. The highest BCUT2D eigenvalue weighted by atomic mass is 16.5. The fraction of sp³-hybridized carbons (Fsp3) is 0.429. The third kappa shape index (κ3) is 3.15. The van der Waals surface area contributed by atoms with Gasteiger partial charge in [0.15, 0.2) is 0 Å². The van der Waals surface area contributed by atoms with Crippen LogP contribution < -0.4 is 10.3 Å². The van der Waals surface area contributed by atoms with Crippen LogP contribution in [0.5, 0.6) is 5.75 Å². The number of rotatable bonds is 6. The van der Waals surface area contributed by atoms with Gasteiger partial charge in [-0.05, 0) is 25.1 Å². The first kappa shape index (κ1) is 14.5. The van der Waals surface area contributed by atoms with Gasteiger partial charge in [-0.25, -0.2) is 4.98 Å². The SMILES string of the molecule is CCOC[C@H](O)Cn1cnc2ccc(OC)cc2c1=O. The van der Waals surface area contributed by atoms with E-state index in [2.05, 4.69) is 4.98 Å². The number of aliphatic hydroxyl groups excluding tert-OH is 1. The summed E-state index contributed by atoms with van der Waals surface area (Å²) in [6.07, 6.45) is 0.698. The van der Waals surface area contributed by atoms with Crippen LogP contribution in [0.1, 0.15) is 6.92 Å². The van der Waals surface area contributed by atoms with Gasteiger partial charge in [0.2, 0.25) is 0 Å². The zero-order valence-electron chi connectivity index (χ0n) is 11.6. The molecule has 6 heteroatoms. The second-order valence-corrected chi connectivity index (χ2v) is 4.40. The van der Waals surface area contributed by atoms with Gasteiger partial charge in [0.05, 0.1) is 43.6 Å². The number of nitrogens with zero attached hydrogens (tertiary/aromatic N) is 2. The standard InChI is InChI=1S/C14H18N2O4/c1-3-20-8-10(17)7-16-9-15-13-5-4-11(19-2)6-12(13)14(16)18/h4-6,9-10,17H,3,7-8H2,1-2H3/t10-/m1/s1. The number of hydrogen-bond donors (Lipinski definition) is 1. The molecule has 0 unspecified atom stereocenters. The molecule has 2 rings (SSSR count). The molecule has 0 fully saturated rings. The van der Waals surface area contributed by atoms with Crippen molar-refractivity contribution in [3.05, 3.63) is 34.9 Å². The molecule has 0 amide bonds. The van der Waals surface area contributed by atoms with Crippen LogP contribution in [0.4, 0.5) is 0 Å². The van der Waals surface area contributed by atoms with Crippen molar-refractivity contribution in [1.29, 1.82) is 0 Å². The van der Waals surface area contributed by atoms with Gasteiger partial charge in [-0.2, -0.15) is 0 Å². The lowest BCUT2D eigenvalue weighted by atomic mass is 10.2. The quantitative estimate of drug-likeness (QED) is 0.846. The summed E-state index contributed by atoms with van der Waals surface area (Å²) < 4.78 is 11.6. The molecule has 2 aromatic rings. The van der Waals surface area contributed by atoms with E-state index in [1.54, 1.807) is 25.3 Å². The van der Waals surface area contributed by atoms with Crippen molar-refractivity contribution in [3.8, 4) is 5.75 Å². The maximum absolute atomic E-state index is 12.3. The van der Waals surface area contributed by atoms with Crippen LogP contribution >= 0.6 is 0 Å². The molecule has 1 atom stereocenters. The van der Waals surface area contributed by atoms with Crippen LogP contribution in [0, 0.1) is 0 Å². The van der Waals surface area contributed by atoms with Crippen molar-refractivity contribution in [2.24, 2.45) is 0 Å². The molecule has 0 saturated carbocycles. The van der Waals surface area contributed by atoms with Crippen molar-refractivity contribution in [3.63, 3.8) is 0 Å². The largest absolute Gasteiger partial charge is 0.497 e. The van der Waals surface area contributed by atoms with E-state index in [4.69, 9.17) is 9.47 Å². The molecule has 0 aliphatic rings. The average Bonchev–Trinajstić information content (AvgIpc) is 2.47. The van der Waals surface area contributed by atoms with Crippen molar-refractivity contribution < 1.29 is 14.6 Å². The van der Waals surface area contributed by atoms with E-state index in [0.717, 1.165) is 0 Å². The number of hydrogen-bond acceptors (Lipinski definition) is 5. The minimum absolute atomic E-state index is 0.152. The molecule has 0 radical (unpaired) electrons. The summed E-state index contributed by atoms with van der Waals surface area (Å²) in [4.78, 5) is 16.5. The number of methoxy groups -OCH3 is 1. The Morgan fingerprint density at radius 2 is 2.25 bits per heavy atom. The third-order valence-electron chi connectivity index (χ3n) is 2.95. The van der Waals surface area contributed by atoms with Crippen LogP contribution in [0.15, 0.2) is 29.3 Å². The van der Waals surface area contributed by atoms with E-state index in [0.29, 0.717) is 23.3 Å². The first-order chi connectivity index (χ1) is 9.65. The average molecular weight is 278 g/mol. The van der Waals surface area contributed by atoms with Gasteiger partial charge in [-0.3, -0.25) is 9.36 Å². The second-order valence-electron chi connectivity index (χ2n) is 4.40. The number of benzene rings is 1.